The van der Waals surface area contributed by atoms with Gasteiger partial charge < -0.3 is 10.5 Å². The Morgan fingerprint density at radius 3 is 2.89 bits per heavy atom. The highest BCUT2D eigenvalue weighted by atomic mass is 79.9. The lowest BCUT2D eigenvalue weighted by Gasteiger charge is -2.10. The van der Waals surface area contributed by atoms with Crippen LogP contribution in [0, 0.1) is 5.82 Å². The fourth-order valence-electron chi connectivity index (χ4n) is 1.60. The molecule has 0 saturated carbocycles. The van der Waals surface area contributed by atoms with Gasteiger partial charge in [0.05, 0.1) is 0 Å². The lowest BCUT2D eigenvalue weighted by atomic mass is 10.1. The van der Waals surface area contributed by atoms with E-state index >= 15 is 0 Å². The number of ether oxygens (including phenoxy) is 1. The molecule has 2 N–H and O–H groups in total. The predicted octanol–water partition coefficient (Wildman–Crippen LogP) is 4.09. The molecule has 0 spiro atoms. The minimum absolute atomic E-state index is 0.0710. The molecule has 0 fully saturated rings. The molecule has 0 aliphatic carbocycles. The molecule has 0 aliphatic heterocycles. The zero-order valence-corrected chi connectivity index (χ0v) is 11.7. The Balaban J connectivity index is 2.34. The second kappa shape index (κ2) is 5.84. The van der Waals surface area contributed by atoms with Crippen LogP contribution in [-0.2, 0) is 6.42 Å². The van der Waals surface area contributed by atoms with Crippen molar-refractivity contribution in [2.75, 3.05) is 5.73 Å². The van der Waals surface area contributed by atoms with Crippen molar-refractivity contribution >= 4 is 21.6 Å². The van der Waals surface area contributed by atoms with Crippen molar-refractivity contribution in [3.05, 3.63) is 59.0 Å². The number of hydrogen-bond donors (Lipinski definition) is 1. The lowest BCUT2D eigenvalue weighted by molar-refractivity contribution is 0.419. The molecule has 3 nitrogen and oxygen atoms in total. The number of nitrogens with zero attached hydrogens (tertiary/aromatic N) is 1. The molecule has 19 heavy (non-hydrogen) atoms. The highest BCUT2D eigenvalue weighted by Gasteiger charge is 2.10. The van der Waals surface area contributed by atoms with E-state index in [2.05, 4.69) is 27.5 Å². The van der Waals surface area contributed by atoms with Crippen LogP contribution < -0.4 is 10.5 Å². The first kappa shape index (κ1) is 13.5. The zero-order chi connectivity index (χ0) is 13.8. The number of benzene rings is 1. The molecule has 1 aromatic carbocycles. The third-order valence-corrected chi connectivity index (χ3v) is 2.86. The van der Waals surface area contributed by atoms with E-state index in [-0.39, 0.29) is 5.88 Å². The van der Waals surface area contributed by atoms with Gasteiger partial charge in [-0.05, 0) is 46.6 Å². The van der Waals surface area contributed by atoms with Gasteiger partial charge in [0.15, 0.2) is 5.82 Å². The van der Waals surface area contributed by atoms with Gasteiger partial charge >= 0.3 is 0 Å². The number of allylic oxidation sites excluding steroid dienone is 1. The minimum atomic E-state index is -0.532. The van der Waals surface area contributed by atoms with E-state index in [9.17, 15) is 4.39 Å². The van der Waals surface area contributed by atoms with Crippen molar-refractivity contribution in [2.24, 2.45) is 0 Å². The highest BCUT2D eigenvalue weighted by Crippen LogP contribution is 2.29. The maximum Gasteiger partial charge on any atom is 0.255 e. The number of pyridine rings is 1. The van der Waals surface area contributed by atoms with Crippen LogP contribution in [0.25, 0.3) is 0 Å². The smallest absolute Gasteiger partial charge is 0.255 e. The van der Waals surface area contributed by atoms with Crippen LogP contribution in [0.5, 0.6) is 11.6 Å². The van der Waals surface area contributed by atoms with Gasteiger partial charge in [0, 0.05) is 21.9 Å². The summed E-state index contributed by atoms with van der Waals surface area (Å²) in [7, 11) is 0. The van der Waals surface area contributed by atoms with Crippen LogP contribution in [0.1, 0.15) is 5.56 Å². The Morgan fingerprint density at radius 2 is 2.21 bits per heavy atom. The van der Waals surface area contributed by atoms with Gasteiger partial charge in [-0.15, -0.1) is 6.58 Å². The van der Waals surface area contributed by atoms with E-state index in [1.54, 1.807) is 24.3 Å². The van der Waals surface area contributed by atoms with Crippen LogP contribution in [0.15, 0.2) is 47.6 Å². The molecule has 1 aromatic heterocycles. The topological polar surface area (TPSA) is 48.1 Å². The van der Waals surface area contributed by atoms with Crippen LogP contribution in [0.3, 0.4) is 0 Å². The number of nitrogen functional groups attached to an aromatic ring is 1. The molecule has 2 aromatic rings. The number of aromatic nitrogens is 1. The Kier molecular flexibility index (Phi) is 4.16. The maximum absolute atomic E-state index is 13.7. The van der Waals surface area contributed by atoms with Gasteiger partial charge in [-0.3, -0.25) is 0 Å². The van der Waals surface area contributed by atoms with Crippen LogP contribution in [-0.4, -0.2) is 4.98 Å². The monoisotopic (exact) mass is 322 g/mol. The van der Waals surface area contributed by atoms with E-state index in [0.29, 0.717) is 22.3 Å². The standard InChI is InChI=1S/C14H12BrFN2O/c1-2-3-9-6-11(17)4-5-13(9)19-14-12(16)7-10(15)8-18-14/h2,4-8H,1,3,17H2. The van der Waals surface area contributed by atoms with Gasteiger partial charge in [0.1, 0.15) is 5.75 Å². The number of rotatable bonds is 4. The van der Waals surface area contributed by atoms with E-state index in [1.165, 1.54) is 12.3 Å². The van der Waals surface area contributed by atoms with Gasteiger partial charge in [0.2, 0.25) is 0 Å². The minimum Gasteiger partial charge on any atom is -0.436 e. The fraction of sp³-hybridized carbons (Fsp3) is 0.0714. The molecule has 98 valence electrons. The first-order chi connectivity index (χ1) is 9.10. The quantitative estimate of drug-likeness (QED) is 0.681. The van der Waals surface area contributed by atoms with Gasteiger partial charge in [-0.2, -0.15) is 0 Å². The number of anilines is 1. The summed E-state index contributed by atoms with van der Waals surface area (Å²) in [6.07, 6.45) is 3.79. The van der Waals surface area contributed by atoms with Crippen LogP contribution >= 0.6 is 15.9 Å². The molecule has 1 heterocycles. The molecule has 0 aliphatic rings. The van der Waals surface area contributed by atoms with E-state index in [1.807, 2.05) is 0 Å². The predicted molar refractivity (Wildman–Crippen MR) is 76.7 cm³/mol. The third-order valence-electron chi connectivity index (χ3n) is 2.43. The van der Waals surface area contributed by atoms with Crippen molar-refractivity contribution in [2.45, 2.75) is 6.42 Å². The summed E-state index contributed by atoms with van der Waals surface area (Å²) in [5.41, 5.74) is 7.17. The Bertz CT molecular complexity index is 616. The summed E-state index contributed by atoms with van der Waals surface area (Å²) in [5, 5.41) is 0. The van der Waals surface area contributed by atoms with Crippen molar-refractivity contribution in [1.29, 1.82) is 0 Å². The number of halogens is 2. The average molecular weight is 323 g/mol. The second-order valence-corrected chi connectivity index (χ2v) is 4.82. The molecular weight excluding hydrogens is 311 g/mol. The van der Waals surface area contributed by atoms with Crippen molar-refractivity contribution in [1.82, 2.24) is 4.98 Å². The highest BCUT2D eigenvalue weighted by molar-refractivity contribution is 9.10. The molecular formula is C14H12BrFN2O. The zero-order valence-electron chi connectivity index (χ0n) is 10.1. The largest absolute Gasteiger partial charge is 0.436 e. The van der Waals surface area contributed by atoms with E-state index < -0.39 is 5.82 Å². The molecule has 2 rings (SSSR count). The molecule has 0 unspecified atom stereocenters. The summed E-state index contributed by atoms with van der Waals surface area (Å²) in [4.78, 5) is 3.90. The van der Waals surface area contributed by atoms with Gasteiger partial charge in [-0.1, -0.05) is 6.08 Å². The normalized spacial score (nSPS) is 10.2. The number of hydrogen-bond acceptors (Lipinski definition) is 3. The van der Waals surface area contributed by atoms with Crippen molar-refractivity contribution in [3.8, 4) is 11.6 Å². The lowest BCUT2D eigenvalue weighted by Crippen LogP contribution is -1.97. The Labute approximate surface area is 119 Å². The average Bonchev–Trinajstić information content (AvgIpc) is 2.36. The summed E-state index contributed by atoms with van der Waals surface area (Å²) < 4.78 is 19.7. The molecule has 0 bridgehead atoms. The third kappa shape index (κ3) is 3.32. The molecule has 0 radical (unpaired) electrons. The van der Waals surface area contributed by atoms with Gasteiger partial charge in [0.25, 0.3) is 5.88 Å². The van der Waals surface area contributed by atoms with Gasteiger partial charge in [-0.25, -0.2) is 9.37 Å². The summed E-state index contributed by atoms with van der Waals surface area (Å²) in [5.74, 6) is -0.0862. The van der Waals surface area contributed by atoms with Crippen LogP contribution in [0.2, 0.25) is 0 Å². The Morgan fingerprint density at radius 1 is 1.42 bits per heavy atom. The van der Waals surface area contributed by atoms with Crippen molar-refractivity contribution < 1.29 is 9.13 Å². The number of nitrogens with two attached hydrogens (primary N) is 1. The molecule has 0 amide bonds. The summed E-state index contributed by atoms with van der Waals surface area (Å²) in [6, 6.07) is 6.45. The summed E-state index contributed by atoms with van der Waals surface area (Å²) in [6.45, 7) is 3.67. The molecule has 0 saturated heterocycles. The van der Waals surface area contributed by atoms with E-state index in [4.69, 9.17) is 10.5 Å². The Hall–Kier alpha value is -1.88. The maximum atomic E-state index is 13.7. The SMILES string of the molecule is C=CCc1cc(N)ccc1Oc1ncc(Br)cc1F. The van der Waals surface area contributed by atoms with Crippen molar-refractivity contribution in [3.63, 3.8) is 0 Å². The first-order valence-electron chi connectivity index (χ1n) is 5.58. The fourth-order valence-corrected chi connectivity index (χ4v) is 1.90. The molecule has 5 heteroatoms. The summed E-state index contributed by atoms with van der Waals surface area (Å²) >= 11 is 3.14. The second-order valence-electron chi connectivity index (χ2n) is 3.90. The van der Waals surface area contributed by atoms with Crippen LogP contribution in [0.4, 0.5) is 10.1 Å². The first-order valence-corrected chi connectivity index (χ1v) is 6.37. The molecule has 0 atom stereocenters. The van der Waals surface area contributed by atoms with E-state index in [0.717, 1.165) is 5.56 Å².